The molecule has 2 aromatic rings. The number of alkyl halides is 2. The first-order valence-corrected chi connectivity index (χ1v) is 6.19. The second-order valence-electron chi connectivity index (χ2n) is 4.22. The lowest BCUT2D eigenvalue weighted by atomic mass is 10.2. The highest BCUT2D eigenvalue weighted by Gasteiger charge is 2.11. The minimum Gasteiger partial charge on any atom is -0.493 e. The monoisotopic (exact) mass is 297 g/mol. The molecule has 0 radical (unpaired) electrons. The molecular weight excluding hydrogens is 283 g/mol. The Morgan fingerprint density at radius 2 is 1.76 bits per heavy atom. The van der Waals surface area contributed by atoms with Gasteiger partial charge >= 0.3 is 6.61 Å². The van der Waals surface area contributed by atoms with Gasteiger partial charge in [-0.05, 0) is 42.0 Å². The quantitative estimate of drug-likeness (QED) is 0.872. The molecule has 0 spiro atoms. The van der Waals surface area contributed by atoms with Gasteiger partial charge in [-0.1, -0.05) is 6.07 Å². The molecule has 0 unspecified atom stereocenters. The summed E-state index contributed by atoms with van der Waals surface area (Å²) in [5.41, 5.74) is 1.46. The number of hydrogen-bond acceptors (Lipinski definition) is 3. The molecule has 0 aromatic heterocycles. The smallest absolute Gasteiger partial charge is 0.387 e. The molecule has 0 bridgehead atoms. The largest absolute Gasteiger partial charge is 0.493 e. The van der Waals surface area contributed by atoms with Gasteiger partial charge in [0, 0.05) is 12.2 Å². The minimum atomic E-state index is -2.92. The summed E-state index contributed by atoms with van der Waals surface area (Å²) in [4.78, 5) is 0. The van der Waals surface area contributed by atoms with Gasteiger partial charge in [0.1, 0.15) is 5.82 Å². The fraction of sp³-hybridized carbons (Fsp3) is 0.200. The molecule has 1 N–H and O–H groups in total. The van der Waals surface area contributed by atoms with Gasteiger partial charge < -0.3 is 14.8 Å². The number of methoxy groups -OCH3 is 1. The van der Waals surface area contributed by atoms with E-state index in [0.717, 1.165) is 11.3 Å². The summed E-state index contributed by atoms with van der Waals surface area (Å²) in [5.74, 6) is -0.107. The van der Waals surface area contributed by atoms with E-state index < -0.39 is 6.61 Å². The van der Waals surface area contributed by atoms with E-state index in [9.17, 15) is 13.2 Å². The van der Waals surface area contributed by atoms with Crippen molar-refractivity contribution in [1.29, 1.82) is 0 Å². The molecule has 2 rings (SSSR count). The van der Waals surface area contributed by atoms with Crippen LogP contribution in [-0.2, 0) is 6.54 Å². The topological polar surface area (TPSA) is 30.5 Å². The molecule has 112 valence electrons. The lowest BCUT2D eigenvalue weighted by molar-refractivity contribution is -0.0512. The molecule has 0 aliphatic carbocycles. The number of anilines is 1. The fourth-order valence-electron chi connectivity index (χ4n) is 1.79. The molecule has 3 nitrogen and oxygen atoms in total. The van der Waals surface area contributed by atoms with Crippen molar-refractivity contribution >= 4 is 5.69 Å². The van der Waals surface area contributed by atoms with Crippen LogP contribution in [0.4, 0.5) is 18.9 Å². The molecule has 0 saturated carbocycles. The molecule has 0 amide bonds. The van der Waals surface area contributed by atoms with Gasteiger partial charge in [-0.25, -0.2) is 4.39 Å². The Hall–Kier alpha value is -2.37. The van der Waals surface area contributed by atoms with Crippen LogP contribution in [0.5, 0.6) is 11.5 Å². The Morgan fingerprint density at radius 3 is 2.38 bits per heavy atom. The van der Waals surface area contributed by atoms with Crippen molar-refractivity contribution in [1.82, 2.24) is 0 Å². The molecule has 0 saturated heterocycles. The van der Waals surface area contributed by atoms with Crippen molar-refractivity contribution in [3.05, 3.63) is 53.8 Å². The number of halogens is 3. The molecule has 0 aliphatic rings. The van der Waals surface area contributed by atoms with Gasteiger partial charge in [-0.3, -0.25) is 0 Å². The van der Waals surface area contributed by atoms with E-state index in [4.69, 9.17) is 4.74 Å². The number of rotatable bonds is 6. The third-order valence-electron chi connectivity index (χ3n) is 2.78. The first-order chi connectivity index (χ1) is 10.1. The maximum Gasteiger partial charge on any atom is 0.387 e. The third kappa shape index (κ3) is 4.30. The summed E-state index contributed by atoms with van der Waals surface area (Å²) in [6, 6.07) is 10.6. The van der Waals surface area contributed by atoms with Crippen molar-refractivity contribution in [2.75, 3.05) is 12.4 Å². The summed E-state index contributed by atoms with van der Waals surface area (Å²) >= 11 is 0. The Bertz CT molecular complexity index is 588. The molecule has 2 aromatic carbocycles. The molecule has 21 heavy (non-hydrogen) atoms. The van der Waals surface area contributed by atoms with Crippen LogP contribution in [0.1, 0.15) is 5.56 Å². The number of ether oxygens (including phenoxy) is 2. The van der Waals surface area contributed by atoms with Crippen molar-refractivity contribution in [3.63, 3.8) is 0 Å². The highest BCUT2D eigenvalue weighted by molar-refractivity contribution is 5.46. The average molecular weight is 297 g/mol. The maximum absolute atomic E-state index is 12.8. The zero-order chi connectivity index (χ0) is 15.2. The Balaban J connectivity index is 2.07. The van der Waals surface area contributed by atoms with Crippen LogP contribution in [-0.4, -0.2) is 13.7 Å². The van der Waals surface area contributed by atoms with E-state index >= 15 is 0 Å². The van der Waals surface area contributed by atoms with E-state index in [1.807, 2.05) is 0 Å². The lowest BCUT2D eigenvalue weighted by Crippen LogP contribution is -2.05. The summed E-state index contributed by atoms with van der Waals surface area (Å²) in [6.07, 6.45) is 0. The van der Waals surface area contributed by atoms with Crippen molar-refractivity contribution in [2.24, 2.45) is 0 Å². The van der Waals surface area contributed by atoms with Crippen LogP contribution in [0, 0.1) is 5.82 Å². The zero-order valence-corrected chi connectivity index (χ0v) is 11.3. The summed E-state index contributed by atoms with van der Waals surface area (Å²) in [5, 5.41) is 3.06. The third-order valence-corrected chi connectivity index (χ3v) is 2.78. The zero-order valence-electron chi connectivity index (χ0n) is 11.3. The van der Waals surface area contributed by atoms with Crippen LogP contribution < -0.4 is 14.8 Å². The highest BCUT2D eigenvalue weighted by atomic mass is 19.3. The number of benzene rings is 2. The number of nitrogens with one attached hydrogen (secondary N) is 1. The second-order valence-corrected chi connectivity index (χ2v) is 4.22. The SMILES string of the molecule is COc1ccc(CNc2ccc(F)cc2)cc1OC(F)F. The van der Waals surface area contributed by atoms with Crippen molar-refractivity contribution in [2.45, 2.75) is 13.2 Å². The minimum absolute atomic E-state index is 0.0223. The van der Waals surface area contributed by atoms with E-state index in [-0.39, 0.29) is 17.3 Å². The Kier molecular flexibility index (Phi) is 4.92. The van der Waals surface area contributed by atoms with Gasteiger partial charge in [0.15, 0.2) is 11.5 Å². The standard InChI is InChI=1S/C15H14F3NO2/c1-20-13-7-2-10(8-14(13)21-15(17)18)9-19-12-5-3-11(16)4-6-12/h2-8,15,19H,9H2,1H3. The summed E-state index contributed by atoms with van der Waals surface area (Å²) < 4.78 is 46.8. The van der Waals surface area contributed by atoms with Crippen molar-refractivity contribution in [3.8, 4) is 11.5 Å². The first-order valence-electron chi connectivity index (χ1n) is 6.19. The van der Waals surface area contributed by atoms with E-state index in [1.54, 1.807) is 24.3 Å². The first kappa shape index (κ1) is 15.0. The van der Waals surface area contributed by atoms with Gasteiger partial charge in [0.05, 0.1) is 7.11 Å². The Morgan fingerprint density at radius 1 is 1.05 bits per heavy atom. The van der Waals surface area contributed by atoms with Crippen LogP contribution in [0.15, 0.2) is 42.5 Å². The Labute approximate surface area is 120 Å². The normalized spacial score (nSPS) is 10.5. The van der Waals surface area contributed by atoms with E-state index in [1.165, 1.54) is 25.3 Å². The lowest BCUT2D eigenvalue weighted by Gasteiger charge is -2.12. The fourth-order valence-corrected chi connectivity index (χ4v) is 1.79. The molecular formula is C15H14F3NO2. The maximum atomic E-state index is 12.8. The van der Waals surface area contributed by atoms with Crippen molar-refractivity contribution < 1.29 is 22.6 Å². The number of hydrogen-bond donors (Lipinski definition) is 1. The molecule has 0 atom stereocenters. The molecule has 0 heterocycles. The van der Waals surface area contributed by atoms with Crippen LogP contribution in [0.2, 0.25) is 0 Å². The summed E-state index contributed by atoms with van der Waals surface area (Å²) in [6.45, 7) is -2.53. The van der Waals surface area contributed by atoms with E-state index in [0.29, 0.717) is 6.54 Å². The van der Waals surface area contributed by atoms with E-state index in [2.05, 4.69) is 10.1 Å². The average Bonchev–Trinajstić information content (AvgIpc) is 2.46. The van der Waals surface area contributed by atoms with Crippen LogP contribution >= 0.6 is 0 Å². The second kappa shape index (κ2) is 6.88. The molecule has 0 fully saturated rings. The van der Waals surface area contributed by atoms with Crippen LogP contribution in [0.3, 0.4) is 0 Å². The predicted octanol–water partition coefficient (Wildman–Crippen LogP) is 4.05. The van der Waals surface area contributed by atoms with Gasteiger partial charge in [-0.2, -0.15) is 8.78 Å². The van der Waals surface area contributed by atoms with Gasteiger partial charge in [0.2, 0.25) is 0 Å². The van der Waals surface area contributed by atoms with Gasteiger partial charge in [0.25, 0.3) is 0 Å². The summed E-state index contributed by atoms with van der Waals surface area (Å²) in [7, 11) is 1.38. The highest BCUT2D eigenvalue weighted by Crippen LogP contribution is 2.29. The molecule has 0 aliphatic heterocycles. The van der Waals surface area contributed by atoms with Gasteiger partial charge in [-0.15, -0.1) is 0 Å². The predicted molar refractivity (Wildman–Crippen MR) is 73.4 cm³/mol. The van der Waals surface area contributed by atoms with Crippen LogP contribution in [0.25, 0.3) is 0 Å². The molecule has 6 heteroatoms.